The fourth-order valence-electron chi connectivity index (χ4n) is 2.02. The molecule has 0 aliphatic carbocycles. The van der Waals surface area contributed by atoms with E-state index in [0.29, 0.717) is 0 Å². The Labute approximate surface area is 85.1 Å². The van der Waals surface area contributed by atoms with E-state index in [1.807, 2.05) is 0 Å². The first-order chi connectivity index (χ1) is 6.83. The number of aromatic amines is 1. The highest BCUT2D eigenvalue weighted by atomic mass is 14.7. The Hall–Kier alpha value is -1.24. The molecule has 2 aromatic rings. The minimum Gasteiger partial charge on any atom is -0.361 e. The Morgan fingerprint density at radius 1 is 1.29 bits per heavy atom. The molecule has 0 saturated carbocycles. The van der Waals surface area contributed by atoms with Crippen LogP contribution >= 0.6 is 0 Å². The molecule has 0 aliphatic heterocycles. The molecule has 2 rings (SSSR count). The van der Waals surface area contributed by atoms with Crippen LogP contribution in [0.25, 0.3) is 10.9 Å². The number of aryl methyl sites for hydroxylation is 2. The van der Waals surface area contributed by atoms with Crippen LogP contribution in [0, 0.1) is 6.92 Å². The molecule has 14 heavy (non-hydrogen) atoms. The molecular weight excluding hydrogens is 170 g/mol. The van der Waals surface area contributed by atoms with Gasteiger partial charge in [0.25, 0.3) is 0 Å². The smallest absolute Gasteiger partial charge is 0.0459 e. The average molecular weight is 187 g/mol. The topological polar surface area (TPSA) is 15.8 Å². The molecule has 0 saturated heterocycles. The molecule has 0 bridgehead atoms. The zero-order valence-corrected chi connectivity index (χ0v) is 8.93. The van der Waals surface area contributed by atoms with Gasteiger partial charge in [0, 0.05) is 17.1 Å². The summed E-state index contributed by atoms with van der Waals surface area (Å²) >= 11 is 0. The Balaban J connectivity index is 2.45. The van der Waals surface area contributed by atoms with Gasteiger partial charge < -0.3 is 4.98 Å². The highest BCUT2D eigenvalue weighted by Crippen LogP contribution is 2.23. The van der Waals surface area contributed by atoms with Gasteiger partial charge in [0.05, 0.1) is 0 Å². The van der Waals surface area contributed by atoms with Crippen LogP contribution in [0.3, 0.4) is 0 Å². The van der Waals surface area contributed by atoms with E-state index in [-0.39, 0.29) is 0 Å². The minimum atomic E-state index is 1.20. The van der Waals surface area contributed by atoms with Gasteiger partial charge in [-0.1, -0.05) is 25.5 Å². The molecule has 1 aromatic carbocycles. The predicted molar refractivity (Wildman–Crippen MR) is 61.6 cm³/mol. The molecule has 0 spiro atoms. The Morgan fingerprint density at radius 2 is 2.14 bits per heavy atom. The van der Waals surface area contributed by atoms with Gasteiger partial charge in [-0.2, -0.15) is 0 Å². The molecule has 0 radical (unpaired) electrons. The van der Waals surface area contributed by atoms with Crippen LogP contribution in [0.4, 0.5) is 0 Å². The van der Waals surface area contributed by atoms with Crippen molar-refractivity contribution in [3.05, 3.63) is 35.5 Å². The van der Waals surface area contributed by atoms with Crippen LogP contribution in [-0.4, -0.2) is 4.98 Å². The summed E-state index contributed by atoms with van der Waals surface area (Å²) in [5.41, 5.74) is 4.13. The molecule has 0 fully saturated rings. The first kappa shape index (κ1) is 9.32. The summed E-state index contributed by atoms with van der Waals surface area (Å²) < 4.78 is 0. The van der Waals surface area contributed by atoms with Crippen LogP contribution in [0.1, 0.15) is 30.9 Å². The van der Waals surface area contributed by atoms with Gasteiger partial charge in [0.15, 0.2) is 0 Å². The van der Waals surface area contributed by atoms with Crippen molar-refractivity contribution in [3.63, 3.8) is 0 Å². The number of nitrogens with one attached hydrogen (secondary N) is 1. The van der Waals surface area contributed by atoms with Gasteiger partial charge >= 0.3 is 0 Å². The summed E-state index contributed by atoms with van der Waals surface area (Å²) in [4.78, 5) is 3.34. The summed E-state index contributed by atoms with van der Waals surface area (Å²) in [5, 5.41) is 1.43. The zero-order chi connectivity index (χ0) is 9.97. The van der Waals surface area contributed by atoms with Gasteiger partial charge in [-0.3, -0.25) is 0 Å². The third-order valence-electron chi connectivity index (χ3n) is 2.80. The number of hydrogen-bond donors (Lipinski definition) is 1. The third kappa shape index (κ3) is 1.54. The van der Waals surface area contributed by atoms with E-state index in [1.54, 1.807) is 0 Å². The van der Waals surface area contributed by atoms with Crippen molar-refractivity contribution < 1.29 is 0 Å². The quantitative estimate of drug-likeness (QED) is 0.752. The molecule has 1 heteroatoms. The first-order valence-electron chi connectivity index (χ1n) is 5.38. The minimum absolute atomic E-state index is 1.20. The first-order valence-corrected chi connectivity index (χ1v) is 5.38. The maximum Gasteiger partial charge on any atom is 0.0459 e. The van der Waals surface area contributed by atoms with E-state index in [2.05, 4.69) is 43.2 Å². The maximum atomic E-state index is 3.34. The third-order valence-corrected chi connectivity index (χ3v) is 2.80. The molecule has 0 aliphatic rings. The largest absolute Gasteiger partial charge is 0.361 e. The number of hydrogen-bond acceptors (Lipinski definition) is 0. The molecule has 74 valence electrons. The zero-order valence-electron chi connectivity index (χ0n) is 8.93. The fraction of sp³-hybridized carbons (Fsp3) is 0.385. The second-order valence-corrected chi connectivity index (χ2v) is 3.91. The lowest BCUT2D eigenvalue weighted by molar-refractivity contribution is 0.798. The summed E-state index contributed by atoms with van der Waals surface area (Å²) in [5.74, 6) is 0. The second-order valence-electron chi connectivity index (χ2n) is 3.91. The standard InChI is InChI=1S/C13H17N/c1-3-4-7-11-9-14-12-8-5-6-10(2)13(11)12/h5-6,8-9,14H,3-4,7H2,1-2H3. The van der Waals surface area contributed by atoms with Crippen LogP contribution in [0.5, 0.6) is 0 Å². The number of fused-ring (bicyclic) bond motifs is 1. The summed E-state index contributed by atoms with van der Waals surface area (Å²) in [6, 6.07) is 6.45. The van der Waals surface area contributed by atoms with Crippen LogP contribution in [0.2, 0.25) is 0 Å². The number of aromatic nitrogens is 1. The summed E-state index contributed by atoms with van der Waals surface area (Å²) in [7, 11) is 0. The van der Waals surface area contributed by atoms with Crippen molar-refractivity contribution in [2.75, 3.05) is 0 Å². The lowest BCUT2D eigenvalue weighted by Crippen LogP contribution is -1.83. The van der Waals surface area contributed by atoms with E-state index in [1.165, 1.54) is 41.3 Å². The number of H-pyrrole nitrogens is 1. The number of rotatable bonds is 3. The van der Waals surface area contributed by atoms with Gasteiger partial charge in [0.1, 0.15) is 0 Å². The molecule has 0 unspecified atom stereocenters. The van der Waals surface area contributed by atoms with Crippen LogP contribution in [-0.2, 0) is 6.42 Å². The molecule has 0 amide bonds. The van der Waals surface area contributed by atoms with Crippen molar-refractivity contribution in [2.24, 2.45) is 0 Å². The molecule has 1 N–H and O–H groups in total. The van der Waals surface area contributed by atoms with E-state index >= 15 is 0 Å². The Kier molecular flexibility index (Phi) is 2.58. The molecule has 1 nitrogen and oxygen atoms in total. The van der Waals surface area contributed by atoms with Gasteiger partial charge in [-0.15, -0.1) is 0 Å². The Morgan fingerprint density at radius 3 is 2.93 bits per heavy atom. The van der Waals surface area contributed by atoms with E-state index in [4.69, 9.17) is 0 Å². The maximum absolute atomic E-state index is 3.34. The van der Waals surface area contributed by atoms with E-state index in [0.717, 1.165) is 0 Å². The predicted octanol–water partition coefficient (Wildman–Crippen LogP) is 3.82. The van der Waals surface area contributed by atoms with Crippen LogP contribution in [0.15, 0.2) is 24.4 Å². The van der Waals surface area contributed by atoms with Crippen molar-refractivity contribution in [3.8, 4) is 0 Å². The van der Waals surface area contributed by atoms with Gasteiger partial charge in [-0.25, -0.2) is 0 Å². The number of benzene rings is 1. The lowest BCUT2D eigenvalue weighted by atomic mass is 10.0. The number of unbranched alkanes of at least 4 members (excludes halogenated alkanes) is 1. The molecule has 0 atom stereocenters. The van der Waals surface area contributed by atoms with Gasteiger partial charge in [-0.05, 0) is 37.0 Å². The SMILES string of the molecule is CCCCc1c[nH]c2cccc(C)c12. The van der Waals surface area contributed by atoms with Crippen molar-refractivity contribution in [1.29, 1.82) is 0 Å². The van der Waals surface area contributed by atoms with E-state index in [9.17, 15) is 0 Å². The Bertz CT molecular complexity index is 426. The van der Waals surface area contributed by atoms with E-state index < -0.39 is 0 Å². The van der Waals surface area contributed by atoms with Crippen molar-refractivity contribution in [1.82, 2.24) is 4.98 Å². The normalized spacial score (nSPS) is 11.0. The monoisotopic (exact) mass is 187 g/mol. The highest BCUT2D eigenvalue weighted by molar-refractivity contribution is 5.86. The lowest BCUT2D eigenvalue weighted by Gasteiger charge is -2.00. The van der Waals surface area contributed by atoms with Crippen LogP contribution < -0.4 is 0 Å². The van der Waals surface area contributed by atoms with Crippen molar-refractivity contribution >= 4 is 10.9 Å². The second kappa shape index (κ2) is 3.87. The average Bonchev–Trinajstić information content (AvgIpc) is 2.59. The summed E-state index contributed by atoms with van der Waals surface area (Å²) in [6.07, 6.45) is 5.90. The molecule has 1 aromatic heterocycles. The fourth-order valence-corrected chi connectivity index (χ4v) is 2.02. The molecule has 1 heterocycles. The summed E-state index contributed by atoms with van der Waals surface area (Å²) in [6.45, 7) is 4.42. The highest BCUT2D eigenvalue weighted by Gasteiger charge is 2.04. The van der Waals surface area contributed by atoms with Crippen molar-refractivity contribution in [2.45, 2.75) is 33.1 Å². The molecular formula is C13H17N. The van der Waals surface area contributed by atoms with Gasteiger partial charge in [0.2, 0.25) is 0 Å².